The highest BCUT2D eigenvalue weighted by Crippen LogP contribution is 2.32. The molecule has 0 aliphatic carbocycles. The van der Waals surface area contributed by atoms with Crippen LogP contribution in [0.5, 0.6) is 5.75 Å². The van der Waals surface area contributed by atoms with Crippen molar-refractivity contribution in [1.29, 1.82) is 0 Å². The van der Waals surface area contributed by atoms with E-state index < -0.39 is 37.2 Å². The number of halogens is 3. The standard InChI is InChI=1S/C12H8F3NO3S/c13-12(14,15)8-3-1-4-9(7-8)20(18,19)11-10(17)5-2-6-16-11/h1-7,17H. The lowest BCUT2D eigenvalue weighted by Crippen LogP contribution is -2.09. The van der Waals surface area contributed by atoms with Crippen LogP contribution < -0.4 is 0 Å². The van der Waals surface area contributed by atoms with Gasteiger partial charge in [0.1, 0.15) is 0 Å². The third-order valence-corrected chi connectivity index (χ3v) is 4.18. The van der Waals surface area contributed by atoms with Crippen molar-refractivity contribution in [2.24, 2.45) is 0 Å². The van der Waals surface area contributed by atoms with Gasteiger partial charge in [0.15, 0.2) is 5.75 Å². The minimum atomic E-state index is -4.66. The average molecular weight is 303 g/mol. The molecule has 0 saturated carbocycles. The fraction of sp³-hybridized carbons (Fsp3) is 0.0833. The van der Waals surface area contributed by atoms with Crippen LogP contribution in [0.15, 0.2) is 52.5 Å². The number of aromatic nitrogens is 1. The summed E-state index contributed by atoms with van der Waals surface area (Å²) in [5.74, 6) is -0.620. The maximum absolute atomic E-state index is 12.6. The van der Waals surface area contributed by atoms with Gasteiger partial charge in [0.25, 0.3) is 0 Å². The minimum absolute atomic E-state index is 0.503. The van der Waals surface area contributed by atoms with Gasteiger partial charge in [-0.1, -0.05) is 6.07 Å². The largest absolute Gasteiger partial charge is 0.505 e. The van der Waals surface area contributed by atoms with Gasteiger partial charge in [-0.2, -0.15) is 13.2 Å². The van der Waals surface area contributed by atoms with Crippen molar-refractivity contribution in [2.75, 3.05) is 0 Å². The molecule has 0 aliphatic rings. The number of alkyl halides is 3. The molecule has 106 valence electrons. The Morgan fingerprint density at radius 1 is 1.10 bits per heavy atom. The molecular weight excluding hydrogens is 295 g/mol. The molecule has 0 saturated heterocycles. The summed E-state index contributed by atoms with van der Waals surface area (Å²) < 4.78 is 62.0. The van der Waals surface area contributed by atoms with Crippen LogP contribution in [0.2, 0.25) is 0 Å². The summed E-state index contributed by atoms with van der Waals surface area (Å²) in [6.45, 7) is 0. The highest BCUT2D eigenvalue weighted by Gasteiger charge is 2.32. The third-order valence-electron chi connectivity index (χ3n) is 2.48. The molecule has 1 aromatic carbocycles. The molecule has 1 N–H and O–H groups in total. The molecular formula is C12H8F3NO3S. The molecule has 0 atom stereocenters. The Labute approximate surface area is 112 Å². The lowest BCUT2D eigenvalue weighted by Gasteiger charge is -2.09. The number of hydrogen-bond acceptors (Lipinski definition) is 4. The van der Waals surface area contributed by atoms with Gasteiger partial charge in [0.2, 0.25) is 14.9 Å². The van der Waals surface area contributed by atoms with Gasteiger partial charge in [-0.3, -0.25) is 0 Å². The first-order valence-electron chi connectivity index (χ1n) is 5.29. The fourth-order valence-electron chi connectivity index (χ4n) is 1.54. The van der Waals surface area contributed by atoms with Gasteiger partial charge in [0.05, 0.1) is 10.5 Å². The van der Waals surface area contributed by atoms with E-state index in [1.165, 1.54) is 6.07 Å². The van der Waals surface area contributed by atoms with E-state index in [1.807, 2.05) is 0 Å². The zero-order valence-electron chi connectivity index (χ0n) is 9.79. The van der Waals surface area contributed by atoms with Crippen LogP contribution in [-0.4, -0.2) is 18.5 Å². The first-order valence-corrected chi connectivity index (χ1v) is 6.77. The maximum Gasteiger partial charge on any atom is 0.416 e. The van der Waals surface area contributed by atoms with Crippen molar-refractivity contribution in [3.8, 4) is 5.75 Å². The molecule has 1 heterocycles. The topological polar surface area (TPSA) is 67.3 Å². The number of aromatic hydroxyl groups is 1. The molecule has 0 spiro atoms. The highest BCUT2D eigenvalue weighted by molar-refractivity contribution is 7.91. The van der Waals surface area contributed by atoms with E-state index in [4.69, 9.17) is 0 Å². The Hall–Kier alpha value is -2.09. The number of pyridine rings is 1. The van der Waals surface area contributed by atoms with Crippen LogP contribution in [0.4, 0.5) is 13.2 Å². The van der Waals surface area contributed by atoms with Gasteiger partial charge >= 0.3 is 6.18 Å². The first kappa shape index (κ1) is 14.3. The van der Waals surface area contributed by atoms with Gasteiger partial charge in [0, 0.05) is 6.20 Å². The van der Waals surface area contributed by atoms with E-state index in [2.05, 4.69) is 4.98 Å². The second-order valence-electron chi connectivity index (χ2n) is 3.86. The third kappa shape index (κ3) is 2.60. The summed E-state index contributed by atoms with van der Waals surface area (Å²) >= 11 is 0. The lowest BCUT2D eigenvalue weighted by atomic mass is 10.2. The Kier molecular flexibility index (Phi) is 3.43. The van der Waals surface area contributed by atoms with E-state index in [1.54, 1.807) is 0 Å². The van der Waals surface area contributed by atoms with Gasteiger partial charge in [-0.25, -0.2) is 13.4 Å². The van der Waals surface area contributed by atoms with E-state index in [0.29, 0.717) is 6.07 Å². The lowest BCUT2D eigenvalue weighted by molar-refractivity contribution is -0.137. The molecule has 2 rings (SSSR count). The van der Waals surface area contributed by atoms with Crippen LogP contribution in [0.3, 0.4) is 0 Å². The number of nitrogens with zero attached hydrogens (tertiary/aromatic N) is 1. The Morgan fingerprint density at radius 2 is 1.80 bits per heavy atom. The quantitative estimate of drug-likeness (QED) is 0.926. The molecule has 0 amide bonds. The molecule has 0 radical (unpaired) electrons. The highest BCUT2D eigenvalue weighted by atomic mass is 32.2. The Balaban J connectivity index is 2.59. The van der Waals surface area contributed by atoms with Crippen LogP contribution >= 0.6 is 0 Å². The van der Waals surface area contributed by atoms with Crippen molar-refractivity contribution < 1.29 is 26.7 Å². The fourth-order valence-corrected chi connectivity index (χ4v) is 2.85. The van der Waals surface area contributed by atoms with Crippen LogP contribution in [-0.2, 0) is 16.0 Å². The minimum Gasteiger partial charge on any atom is -0.505 e. The van der Waals surface area contributed by atoms with Crippen LogP contribution in [0.25, 0.3) is 0 Å². The Morgan fingerprint density at radius 3 is 2.40 bits per heavy atom. The van der Waals surface area contributed by atoms with Crippen molar-refractivity contribution in [2.45, 2.75) is 16.1 Å². The van der Waals surface area contributed by atoms with Crippen LogP contribution in [0, 0.1) is 0 Å². The predicted molar refractivity (Wildman–Crippen MR) is 62.8 cm³/mol. The van der Waals surface area contributed by atoms with E-state index in [9.17, 15) is 26.7 Å². The van der Waals surface area contributed by atoms with Crippen molar-refractivity contribution >= 4 is 9.84 Å². The monoisotopic (exact) mass is 303 g/mol. The zero-order chi connectivity index (χ0) is 15.0. The van der Waals surface area contributed by atoms with Crippen molar-refractivity contribution in [1.82, 2.24) is 4.98 Å². The van der Waals surface area contributed by atoms with Gasteiger partial charge in [-0.15, -0.1) is 0 Å². The molecule has 8 heteroatoms. The van der Waals surface area contributed by atoms with Crippen molar-refractivity contribution in [3.63, 3.8) is 0 Å². The number of rotatable bonds is 2. The second kappa shape index (κ2) is 4.78. The Bertz CT molecular complexity index is 742. The molecule has 0 aliphatic heterocycles. The molecule has 20 heavy (non-hydrogen) atoms. The summed E-state index contributed by atoms with van der Waals surface area (Å²) in [7, 11) is -4.31. The van der Waals surface area contributed by atoms with E-state index in [-0.39, 0.29) is 0 Å². The predicted octanol–water partition coefficient (Wildman–Crippen LogP) is 2.64. The zero-order valence-corrected chi connectivity index (χ0v) is 10.6. The molecule has 2 aromatic rings. The summed E-state index contributed by atoms with van der Waals surface area (Å²) in [4.78, 5) is 2.92. The molecule has 0 bridgehead atoms. The van der Waals surface area contributed by atoms with E-state index >= 15 is 0 Å². The molecule has 1 aromatic heterocycles. The number of hydrogen-bond donors (Lipinski definition) is 1. The molecule has 0 unspecified atom stereocenters. The normalized spacial score (nSPS) is 12.3. The summed E-state index contributed by atoms with van der Waals surface area (Å²) in [5, 5.41) is 8.79. The summed E-state index contributed by atoms with van der Waals surface area (Å²) in [6, 6.07) is 5.66. The molecule has 4 nitrogen and oxygen atoms in total. The van der Waals surface area contributed by atoms with Gasteiger partial charge in [-0.05, 0) is 30.3 Å². The van der Waals surface area contributed by atoms with Crippen molar-refractivity contribution in [3.05, 3.63) is 48.2 Å². The number of benzene rings is 1. The van der Waals surface area contributed by atoms with Crippen LogP contribution in [0.1, 0.15) is 5.56 Å². The van der Waals surface area contributed by atoms with E-state index in [0.717, 1.165) is 30.5 Å². The second-order valence-corrected chi connectivity index (χ2v) is 5.72. The summed E-state index contributed by atoms with van der Waals surface area (Å²) in [5.41, 5.74) is -1.09. The molecule has 0 fully saturated rings. The smallest absolute Gasteiger partial charge is 0.416 e. The van der Waals surface area contributed by atoms with Gasteiger partial charge < -0.3 is 5.11 Å². The number of sulfone groups is 1. The SMILES string of the molecule is O=S(=O)(c1cccc(C(F)(F)F)c1)c1ncccc1O. The summed E-state index contributed by atoms with van der Waals surface area (Å²) in [6.07, 6.45) is -3.53. The average Bonchev–Trinajstić information content (AvgIpc) is 2.38. The maximum atomic E-state index is 12.6. The first-order chi connectivity index (χ1) is 9.23.